The second-order valence-electron chi connectivity index (χ2n) is 5.68. The summed E-state index contributed by atoms with van der Waals surface area (Å²) in [6.45, 7) is 6.24. The van der Waals surface area contributed by atoms with E-state index < -0.39 is 0 Å². The molecule has 4 heteroatoms. The number of unbranched alkanes of at least 4 members (excludes halogenated alkanes) is 2. The van der Waals surface area contributed by atoms with Gasteiger partial charge < -0.3 is 10.1 Å². The number of methoxy groups -OCH3 is 1. The standard InChI is InChI=1S/C17H27FN2O/c1-3-4-5-6-16(20-11-9-19-10-12-20)15-13-14(18)7-8-17(15)21-2/h7-8,13,16,19H,3-6,9-12H2,1-2H3/t16-/m1/s1. The van der Waals surface area contributed by atoms with Crippen LogP contribution in [0.15, 0.2) is 18.2 Å². The monoisotopic (exact) mass is 294 g/mol. The number of nitrogens with zero attached hydrogens (tertiary/aromatic N) is 1. The fraction of sp³-hybridized carbons (Fsp3) is 0.647. The maximum absolute atomic E-state index is 13.7. The van der Waals surface area contributed by atoms with E-state index in [0.29, 0.717) is 0 Å². The van der Waals surface area contributed by atoms with Crippen LogP contribution in [-0.4, -0.2) is 38.2 Å². The first kappa shape index (κ1) is 16.2. The third-order valence-corrected chi connectivity index (χ3v) is 4.22. The average Bonchev–Trinajstić information content (AvgIpc) is 2.52. The highest BCUT2D eigenvalue weighted by Crippen LogP contribution is 2.34. The molecule has 0 bridgehead atoms. The van der Waals surface area contributed by atoms with Crippen LogP contribution < -0.4 is 10.1 Å². The summed E-state index contributed by atoms with van der Waals surface area (Å²) in [5.74, 6) is 0.623. The van der Waals surface area contributed by atoms with E-state index in [1.54, 1.807) is 19.2 Å². The summed E-state index contributed by atoms with van der Waals surface area (Å²) >= 11 is 0. The minimum Gasteiger partial charge on any atom is -0.496 e. The highest BCUT2D eigenvalue weighted by molar-refractivity contribution is 5.36. The molecule has 1 fully saturated rings. The van der Waals surface area contributed by atoms with E-state index in [2.05, 4.69) is 17.1 Å². The lowest BCUT2D eigenvalue weighted by Crippen LogP contribution is -2.45. The highest BCUT2D eigenvalue weighted by atomic mass is 19.1. The largest absolute Gasteiger partial charge is 0.496 e. The first-order valence-electron chi connectivity index (χ1n) is 8.04. The Balaban J connectivity index is 2.22. The van der Waals surface area contributed by atoms with Crippen molar-refractivity contribution in [3.8, 4) is 5.75 Å². The Morgan fingerprint density at radius 1 is 1.29 bits per heavy atom. The predicted octanol–water partition coefficient (Wildman–Crippen LogP) is 3.36. The molecule has 1 N–H and O–H groups in total. The molecule has 2 rings (SSSR count). The lowest BCUT2D eigenvalue weighted by atomic mass is 9.97. The molecule has 1 saturated heterocycles. The van der Waals surface area contributed by atoms with Crippen molar-refractivity contribution in [1.82, 2.24) is 10.2 Å². The van der Waals surface area contributed by atoms with Crippen molar-refractivity contribution in [3.63, 3.8) is 0 Å². The summed E-state index contributed by atoms with van der Waals surface area (Å²) in [5, 5.41) is 3.38. The summed E-state index contributed by atoms with van der Waals surface area (Å²) < 4.78 is 19.2. The van der Waals surface area contributed by atoms with E-state index in [1.165, 1.54) is 25.3 Å². The van der Waals surface area contributed by atoms with E-state index in [4.69, 9.17) is 4.74 Å². The molecule has 0 aromatic heterocycles. The fourth-order valence-electron chi connectivity index (χ4n) is 3.08. The summed E-state index contributed by atoms with van der Waals surface area (Å²) in [4.78, 5) is 2.46. The van der Waals surface area contributed by atoms with Crippen molar-refractivity contribution in [1.29, 1.82) is 0 Å². The normalized spacial score (nSPS) is 17.7. The molecule has 1 aliphatic rings. The van der Waals surface area contributed by atoms with E-state index in [1.807, 2.05) is 0 Å². The van der Waals surface area contributed by atoms with E-state index in [-0.39, 0.29) is 11.9 Å². The van der Waals surface area contributed by atoms with E-state index in [0.717, 1.165) is 43.9 Å². The van der Waals surface area contributed by atoms with Gasteiger partial charge in [-0.1, -0.05) is 26.2 Å². The number of halogens is 1. The molecular weight excluding hydrogens is 267 g/mol. The van der Waals surface area contributed by atoms with Gasteiger partial charge in [0.25, 0.3) is 0 Å². The van der Waals surface area contributed by atoms with Crippen molar-refractivity contribution < 1.29 is 9.13 Å². The van der Waals surface area contributed by atoms with Crippen molar-refractivity contribution >= 4 is 0 Å². The molecule has 0 spiro atoms. The zero-order valence-corrected chi connectivity index (χ0v) is 13.2. The van der Waals surface area contributed by atoms with Gasteiger partial charge >= 0.3 is 0 Å². The number of piperazine rings is 1. The molecular formula is C17H27FN2O. The van der Waals surface area contributed by atoms with E-state index >= 15 is 0 Å². The lowest BCUT2D eigenvalue weighted by molar-refractivity contribution is 0.159. The van der Waals surface area contributed by atoms with Crippen LogP contribution in [0.25, 0.3) is 0 Å². The van der Waals surface area contributed by atoms with Crippen molar-refractivity contribution in [2.24, 2.45) is 0 Å². The topological polar surface area (TPSA) is 24.5 Å². The van der Waals surface area contributed by atoms with Crippen LogP contribution in [0.5, 0.6) is 5.75 Å². The molecule has 0 unspecified atom stereocenters. The van der Waals surface area contributed by atoms with Crippen LogP contribution in [0.2, 0.25) is 0 Å². The van der Waals surface area contributed by atoms with Crippen LogP contribution in [0, 0.1) is 5.82 Å². The number of rotatable bonds is 7. The lowest BCUT2D eigenvalue weighted by Gasteiger charge is -2.36. The molecule has 0 radical (unpaired) electrons. The number of hydrogen-bond acceptors (Lipinski definition) is 3. The Morgan fingerprint density at radius 3 is 2.71 bits per heavy atom. The quantitative estimate of drug-likeness (QED) is 0.780. The number of hydrogen-bond donors (Lipinski definition) is 1. The van der Waals surface area contributed by atoms with Crippen molar-refractivity contribution in [3.05, 3.63) is 29.6 Å². The highest BCUT2D eigenvalue weighted by Gasteiger charge is 2.24. The number of benzene rings is 1. The minimum atomic E-state index is -0.179. The average molecular weight is 294 g/mol. The first-order chi connectivity index (χ1) is 10.3. The molecule has 3 nitrogen and oxygen atoms in total. The third kappa shape index (κ3) is 4.42. The summed E-state index contributed by atoms with van der Waals surface area (Å²) in [6, 6.07) is 5.13. The van der Waals surface area contributed by atoms with Gasteiger partial charge in [0.2, 0.25) is 0 Å². The molecule has 118 valence electrons. The molecule has 0 amide bonds. The van der Waals surface area contributed by atoms with Crippen molar-refractivity contribution in [2.45, 2.75) is 38.6 Å². The summed E-state index contributed by atoms with van der Waals surface area (Å²) in [5.41, 5.74) is 0.996. The summed E-state index contributed by atoms with van der Waals surface area (Å²) in [7, 11) is 1.66. The molecule has 1 aromatic carbocycles. The minimum absolute atomic E-state index is 0.179. The third-order valence-electron chi connectivity index (χ3n) is 4.22. The van der Waals surface area contributed by atoms with Gasteiger partial charge in [0.15, 0.2) is 0 Å². The van der Waals surface area contributed by atoms with Gasteiger partial charge in [-0.15, -0.1) is 0 Å². The predicted molar refractivity (Wildman–Crippen MR) is 84.3 cm³/mol. The van der Waals surface area contributed by atoms with Gasteiger partial charge in [-0.3, -0.25) is 4.90 Å². The fourth-order valence-corrected chi connectivity index (χ4v) is 3.08. The maximum atomic E-state index is 13.7. The summed E-state index contributed by atoms with van der Waals surface area (Å²) in [6.07, 6.45) is 4.66. The van der Waals surface area contributed by atoms with Crippen LogP contribution in [-0.2, 0) is 0 Å². The zero-order chi connectivity index (χ0) is 15.1. The maximum Gasteiger partial charge on any atom is 0.123 e. The second kappa shape index (κ2) is 8.35. The number of ether oxygens (including phenoxy) is 1. The van der Waals surface area contributed by atoms with Gasteiger partial charge in [-0.25, -0.2) is 4.39 Å². The second-order valence-corrected chi connectivity index (χ2v) is 5.68. The van der Waals surface area contributed by atoms with Gasteiger partial charge in [0.1, 0.15) is 11.6 Å². The zero-order valence-electron chi connectivity index (χ0n) is 13.2. The van der Waals surface area contributed by atoms with Crippen LogP contribution >= 0.6 is 0 Å². The van der Waals surface area contributed by atoms with Crippen LogP contribution in [0.1, 0.15) is 44.2 Å². The number of nitrogens with one attached hydrogen (secondary N) is 1. The van der Waals surface area contributed by atoms with E-state index in [9.17, 15) is 4.39 Å². The van der Waals surface area contributed by atoms with Gasteiger partial charge in [-0.05, 0) is 24.6 Å². The molecule has 1 atom stereocenters. The molecule has 1 aromatic rings. The molecule has 1 heterocycles. The van der Waals surface area contributed by atoms with Crippen LogP contribution in [0.3, 0.4) is 0 Å². The van der Waals surface area contributed by atoms with Gasteiger partial charge in [0, 0.05) is 37.8 Å². The molecule has 1 aliphatic heterocycles. The van der Waals surface area contributed by atoms with Gasteiger partial charge in [-0.2, -0.15) is 0 Å². The first-order valence-corrected chi connectivity index (χ1v) is 8.04. The Kier molecular flexibility index (Phi) is 6.46. The van der Waals surface area contributed by atoms with Crippen LogP contribution in [0.4, 0.5) is 4.39 Å². The Hall–Kier alpha value is -1.13. The smallest absolute Gasteiger partial charge is 0.123 e. The molecule has 21 heavy (non-hydrogen) atoms. The molecule has 0 saturated carbocycles. The molecule has 0 aliphatic carbocycles. The SMILES string of the molecule is CCCCC[C@H](c1cc(F)ccc1OC)N1CCNCC1. The Labute approximate surface area is 127 Å². The van der Waals surface area contributed by atoms with Crippen molar-refractivity contribution in [2.75, 3.05) is 33.3 Å². The Morgan fingerprint density at radius 2 is 2.05 bits per heavy atom. The Bertz CT molecular complexity index is 433. The van der Waals surface area contributed by atoms with Gasteiger partial charge in [0.05, 0.1) is 7.11 Å².